The SMILES string of the molecule is CCNC(=NCC1(CC)CCC1)NCCc1sc(C)nc1C.I. The smallest absolute Gasteiger partial charge is 0.191 e. The van der Waals surface area contributed by atoms with E-state index in [1.54, 1.807) is 11.3 Å². The average molecular weight is 450 g/mol. The summed E-state index contributed by atoms with van der Waals surface area (Å²) in [5, 5.41) is 7.98. The van der Waals surface area contributed by atoms with Crippen molar-refractivity contribution in [3.8, 4) is 0 Å². The Balaban J connectivity index is 0.00000264. The van der Waals surface area contributed by atoms with Crippen LogP contribution >= 0.6 is 35.3 Å². The van der Waals surface area contributed by atoms with Crippen molar-refractivity contribution in [1.29, 1.82) is 0 Å². The van der Waals surface area contributed by atoms with Gasteiger partial charge in [0.25, 0.3) is 0 Å². The van der Waals surface area contributed by atoms with E-state index >= 15 is 0 Å². The van der Waals surface area contributed by atoms with Crippen LogP contribution in [-0.2, 0) is 6.42 Å². The van der Waals surface area contributed by atoms with Crippen molar-refractivity contribution in [2.45, 2.75) is 59.8 Å². The van der Waals surface area contributed by atoms with Crippen LogP contribution in [0.25, 0.3) is 0 Å². The number of aryl methyl sites for hydroxylation is 2. The van der Waals surface area contributed by atoms with E-state index in [2.05, 4.69) is 43.3 Å². The molecule has 0 aromatic carbocycles. The van der Waals surface area contributed by atoms with Crippen LogP contribution in [0.3, 0.4) is 0 Å². The number of guanidine groups is 1. The fourth-order valence-corrected chi connectivity index (χ4v) is 3.93. The predicted octanol–water partition coefficient (Wildman–Crippen LogP) is 4.06. The monoisotopic (exact) mass is 450 g/mol. The molecule has 0 saturated heterocycles. The van der Waals surface area contributed by atoms with Crippen LogP contribution in [0.4, 0.5) is 0 Å². The lowest BCUT2D eigenvalue weighted by molar-refractivity contribution is 0.139. The number of nitrogens with zero attached hydrogens (tertiary/aromatic N) is 2. The third-order valence-electron chi connectivity index (χ3n) is 4.73. The molecule has 0 amide bonds. The molecule has 0 bridgehead atoms. The zero-order valence-electron chi connectivity index (χ0n) is 14.9. The van der Waals surface area contributed by atoms with Gasteiger partial charge in [0.05, 0.1) is 10.7 Å². The van der Waals surface area contributed by atoms with Gasteiger partial charge in [0.1, 0.15) is 0 Å². The maximum atomic E-state index is 4.82. The van der Waals surface area contributed by atoms with Gasteiger partial charge in [0.15, 0.2) is 5.96 Å². The molecule has 0 atom stereocenters. The summed E-state index contributed by atoms with van der Waals surface area (Å²) in [5.74, 6) is 0.959. The minimum absolute atomic E-state index is 0. The number of aliphatic imine (C=N–C) groups is 1. The van der Waals surface area contributed by atoms with Crippen molar-refractivity contribution in [2.24, 2.45) is 10.4 Å². The minimum Gasteiger partial charge on any atom is -0.357 e. The topological polar surface area (TPSA) is 49.3 Å². The van der Waals surface area contributed by atoms with Gasteiger partial charge in [-0.2, -0.15) is 0 Å². The zero-order chi connectivity index (χ0) is 16.0. The maximum absolute atomic E-state index is 4.82. The van der Waals surface area contributed by atoms with E-state index in [9.17, 15) is 0 Å². The second-order valence-electron chi connectivity index (χ2n) is 6.32. The van der Waals surface area contributed by atoms with Crippen LogP contribution in [0.15, 0.2) is 4.99 Å². The summed E-state index contributed by atoms with van der Waals surface area (Å²) in [5.41, 5.74) is 1.65. The molecule has 0 unspecified atom stereocenters. The van der Waals surface area contributed by atoms with Crippen molar-refractivity contribution in [3.63, 3.8) is 0 Å². The second-order valence-corrected chi connectivity index (χ2v) is 7.61. The van der Waals surface area contributed by atoms with Crippen LogP contribution in [0.5, 0.6) is 0 Å². The lowest BCUT2D eigenvalue weighted by Gasteiger charge is -2.40. The fourth-order valence-electron chi connectivity index (χ4n) is 2.99. The number of hydrogen-bond acceptors (Lipinski definition) is 3. The molecule has 2 N–H and O–H groups in total. The average Bonchev–Trinajstić information content (AvgIpc) is 2.76. The Morgan fingerprint density at radius 3 is 2.48 bits per heavy atom. The van der Waals surface area contributed by atoms with E-state index in [0.29, 0.717) is 5.41 Å². The number of thiazole rings is 1. The van der Waals surface area contributed by atoms with Gasteiger partial charge in [-0.25, -0.2) is 4.98 Å². The van der Waals surface area contributed by atoms with Crippen LogP contribution in [0.1, 0.15) is 55.1 Å². The molecule has 1 aromatic heterocycles. The highest BCUT2D eigenvalue weighted by atomic mass is 127. The summed E-state index contributed by atoms with van der Waals surface area (Å²) < 4.78 is 0. The van der Waals surface area contributed by atoms with Gasteiger partial charge in [-0.3, -0.25) is 4.99 Å². The van der Waals surface area contributed by atoms with Crippen molar-refractivity contribution in [3.05, 3.63) is 15.6 Å². The van der Waals surface area contributed by atoms with Gasteiger partial charge in [0.2, 0.25) is 0 Å². The van der Waals surface area contributed by atoms with Gasteiger partial charge in [-0.15, -0.1) is 35.3 Å². The molecule has 1 aliphatic rings. The summed E-state index contributed by atoms with van der Waals surface area (Å²) in [7, 11) is 0. The molecular formula is C17H31IN4S. The number of halogens is 1. The third-order valence-corrected chi connectivity index (χ3v) is 5.86. The molecule has 6 heteroatoms. The Bertz CT molecular complexity index is 503. The molecule has 132 valence electrons. The van der Waals surface area contributed by atoms with E-state index in [-0.39, 0.29) is 24.0 Å². The van der Waals surface area contributed by atoms with E-state index in [1.165, 1.54) is 36.3 Å². The minimum atomic E-state index is 0. The van der Waals surface area contributed by atoms with Crippen LogP contribution in [0.2, 0.25) is 0 Å². The Morgan fingerprint density at radius 1 is 1.26 bits per heavy atom. The lowest BCUT2D eigenvalue weighted by Crippen LogP contribution is -2.40. The van der Waals surface area contributed by atoms with Crippen molar-refractivity contribution >= 4 is 41.3 Å². The molecule has 1 fully saturated rings. The first-order valence-corrected chi connectivity index (χ1v) is 9.35. The molecule has 1 heterocycles. The predicted molar refractivity (Wildman–Crippen MR) is 111 cm³/mol. The first kappa shape index (κ1) is 20.7. The van der Waals surface area contributed by atoms with Crippen LogP contribution in [-0.4, -0.2) is 30.6 Å². The van der Waals surface area contributed by atoms with E-state index in [0.717, 1.165) is 37.0 Å². The standard InChI is InChI=1S/C17H30N4S.HI/c1-5-17(9-7-10-17)12-20-16(18-6-2)19-11-8-15-13(3)21-14(4)22-15;/h5-12H2,1-4H3,(H2,18,19,20);1H. The van der Waals surface area contributed by atoms with Gasteiger partial charge >= 0.3 is 0 Å². The van der Waals surface area contributed by atoms with Gasteiger partial charge in [-0.1, -0.05) is 13.3 Å². The van der Waals surface area contributed by atoms with E-state index in [4.69, 9.17) is 4.99 Å². The maximum Gasteiger partial charge on any atom is 0.191 e. The summed E-state index contributed by atoms with van der Waals surface area (Å²) in [6.07, 6.45) is 6.31. The molecule has 0 aliphatic heterocycles. The molecule has 4 nitrogen and oxygen atoms in total. The Morgan fingerprint density at radius 2 is 2.00 bits per heavy atom. The second kappa shape index (κ2) is 9.81. The third kappa shape index (κ3) is 5.89. The van der Waals surface area contributed by atoms with E-state index < -0.39 is 0 Å². The van der Waals surface area contributed by atoms with Crippen LogP contribution < -0.4 is 10.6 Å². The fraction of sp³-hybridized carbons (Fsp3) is 0.765. The van der Waals surface area contributed by atoms with Gasteiger partial charge < -0.3 is 10.6 Å². The molecular weight excluding hydrogens is 419 g/mol. The zero-order valence-corrected chi connectivity index (χ0v) is 18.0. The molecule has 1 saturated carbocycles. The molecule has 1 aromatic rings. The summed E-state index contributed by atoms with van der Waals surface area (Å²) >= 11 is 1.80. The van der Waals surface area contributed by atoms with E-state index in [1.807, 2.05) is 0 Å². The summed E-state index contributed by atoms with van der Waals surface area (Å²) in [6, 6.07) is 0. The Hall–Kier alpha value is -0.370. The molecule has 2 rings (SSSR count). The normalized spacial score (nSPS) is 16.4. The van der Waals surface area contributed by atoms with Gasteiger partial charge in [0, 0.05) is 30.9 Å². The Labute approximate surface area is 162 Å². The quantitative estimate of drug-likeness (QED) is 0.374. The largest absolute Gasteiger partial charge is 0.357 e. The van der Waals surface area contributed by atoms with Crippen molar-refractivity contribution in [2.75, 3.05) is 19.6 Å². The number of aromatic nitrogens is 1. The highest BCUT2D eigenvalue weighted by Crippen LogP contribution is 2.43. The summed E-state index contributed by atoms with van der Waals surface area (Å²) in [4.78, 5) is 10.7. The number of rotatable bonds is 7. The highest BCUT2D eigenvalue weighted by molar-refractivity contribution is 14.0. The number of hydrogen-bond donors (Lipinski definition) is 2. The van der Waals surface area contributed by atoms with Crippen molar-refractivity contribution < 1.29 is 0 Å². The van der Waals surface area contributed by atoms with Crippen LogP contribution in [0, 0.1) is 19.3 Å². The highest BCUT2D eigenvalue weighted by Gasteiger charge is 2.34. The first-order chi connectivity index (χ1) is 10.6. The molecule has 0 radical (unpaired) electrons. The molecule has 23 heavy (non-hydrogen) atoms. The summed E-state index contributed by atoms with van der Waals surface area (Å²) in [6.45, 7) is 11.4. The number of nitrogens with one attached hydrogen (secondary N) is 2. The van der Waals surface area contributed by atoms with Gasteiger partial charge in [-0.05, 0) is 45.4 Å². The lowest BCUT2D eigenvalue weighted by atomic mass is 9.67. The molecule has 0 spiro atoms. The first-order valence-electron chi connectivity index (χ1n) is 8.53. The van der Waals surface area contributed by atoms with Crippen molar-refractivity contribution in [1.82, 2.24) is 15.6 Å². The molecule has 1 aliphatic carbocycles. The Kier molecular flexibility index (Phi) is 8.82.